The topological polar surface area (TPSA) is 111 Å². The van der Waals surface area contributed by atoms with Crippen LogP contribution in [0, 0.1) is 6.92 Å². The lowest BCUT2D eigenvalue weighted by Crippen LogP contribution is -2.14. The summed E-state index contributed by atoms with van der Waals surface area (Å²) in [5.41, 5.74) is 4.05. The van der Waals surface area contributed by atoms with Gasteiger partial charge < -0.3 is 4.74 Å². The number of sulfonamides is 1. The van der Waals surface area contributed by atoms with Crippen LogP contribution in [0.5, 0.6) is 5.88 Å². The average molecular weight is 446 g/mol. The van der Waals surface area contributed by atoms with E-state index >= 15 is 0 Å². The van der Waals surface area contributed by atoms with Gasteiger partial charge in [0.05, 0.1) is 29.2 Å². The zero-order valence-corrected chi connectivity index (χ0v) is 18.0. The van der Waals surface area contributed by atoms with Gasteiger partial charge in [-0.2, -0.15) is 0 Å². The fourth-order valence-corrected chi connectivity index (χ4v) is 4.60. The summed E-state index contributed by atoms with van der Waals surface area (Å²) in [5, 5.41) is 8.24. The van der Waals surface area contributed by atoms with Crippen molar-refractivity contribution in [1.29, 1.82) is 0 Å². The van der Waals surface area contributed by atoms with Gasteiger partial charge in [-0.25, -0.2) is 13.4 Å². The maximum Gasteiger partial charge on any atom is 0.262 e. The molecule has 0 spiro atoms. The molecule has 3 heterocycles. The van der Waals surface area contributed by atoms with Crippen molar-refractivity contribution in [2.45, 2.75) is 11.8 Å². The van der Waals surface area contributed by atoms with Crippen molar-refractivity contribution < 1.29 is 13.2 Å². The summed E-state index contributed by atoms with van der Waals surface area (Å²) in [7, 11) is -2.37. The van der Waals surface area contributed by atoms with E-state index in [1.165, 1.54) is 19.2 Å². The quantitative estimate of drug-likeness (QED) is 0.440. The lowest BCUT2D eigenvalue weighted by molar-refractivity contribution is 0.400. The second-order valence-electron chi connectivity index (χ2n) is 7.10. The Morgan fingerprint density at radius 2 is 1.75 bits per heavy atom. The number of ether oxygens (including phenoxy) is 1. The van der Waals surface area contributed by atoms with E-state index in [0.29, 0.717) is 11.2 Å². The van der Waals surface area contributed by atoms with E-state index in [0.717, 1.165) is 22.4 Å². The molecule has 32 heavy (non-hydrogen) atoms. The number of benzene rings is 2. The molecule has 0 bridgehead atoms. The number of nitrogens with one attached hydrogen (secondary N) is 1. The average Bonchev–Trinajstić information content (AvgIpc) is 3.20. The van der Waals surface area contributed by atoms with Crippen LogP contribution in [0.15, 0.2) is 71.9 Å². The van der Waals surface area contributed by atoms with Gasteiger partial charge in [0, 0.05) is 11.8 Å². The van der Waals surface area contributed by atoms with Gasteiger partial charge in [0.2, 0.25) is 5.88 Å². The molecule has 0 radical (unpaired) electrons. The molecular formula is C22H18N6O3S. The first-order valence-electron chi connectivity index (χ1n) is 9.69. The molecule has 160 valence electrons. The molecule has 10 heteroatoms. The molecule has 0 aliphatic carbocycles. The summed E-state index contributed by atoms with van der Waals surface area (Å²) < 4.78 is 35.4. The first kappa shape index (κ1) is 19.9. The van der Waals surface area contributed by atoms with Crippen LogP contribution in [0.3, 0.4) is 0 Å². The Balaban J connectivity index is 1.61. The van der Waals surface area contributed by atoms with Gasteiger partial charge in [0.25, 0.3) is 10.0 Å². The van der Waals surface area contributed by atoms with E-state index in [1.807, 2.05) is 29.5 Å². The normalized spacial score (nSPS) is 11.7. The van der Waals surface area contributed by atoms with Crippen LogP contribution < -0.4 is 9.46 Å². The number of hydrogen-bond donors (Lipinski definition) is 1. The van der Waals surface area contributed by atoms with Gasteiger partial charge in [0.15, 0.2) is 5.65 Å². The summed E-state index contributed by atoms with van der Waals surface area (Å²) in [5.74, 6) is 0.918. The van der Waals surface area contributed by atoms with Gasteiger partial charge >= 0.3 is 0 Å². The third-order valence-corrected chi connectivity index (χ3v) is 6.44. The van der Waals surface area contributed by atoms with Gasteiger partial charge in [0.1, 0.15) is 11.5 Å². The standard InChI is InChI=1S/C22H18N6O3S/c1-14-25-26-21-13-23-18-9-8-15(11-20(18)28(14)21)16-10-19(22(31-2)24-12-16)27-32(29,30)17-6-4-3-5-7-17/h3-13,27H,1-2H3. The highest BCUT2D eigenvalue weighted by atomic mass is 32.2. The molecule has 5 aromatic rings. The number of methoxy groups -OCH3 is 1. The Hall–Kier alpha value is -4.05. The molecule has 0 unspecified atom stereocenters. The highest BCUT2D eigenvalue weighted by molar-refractivity contribution is 7.92. The van der Waals surface area contributed by atoms with Crippen molar-refractivity contribution in [3.8, 4) is 17.0 Å². The number of hydrogen-bond acceptors (Lipinski definition) is 7. The summed E-state index contributed by atoms with van der Waals surface area (Å²) >= 11 is 0. The number of pyridine rings is 1. The molecule has 0 fully saturated rings. The minimum absolute atomic E-state index is 0.148. The molecule has 0 amide bonds. The molecule has 0 aliphatic heterocycles. The molecular weight excluding hydrogens is 428 g/mol. The highest BCUT2D eigenvalue weighted by Crippen LogP contribution is 2.31. The fraction of sp³-hybridized carbons (Fsp3) is 0.0909. The van der Waals surface area contributed by atoms with E-state index in [9.17, 15) is 8.42 Å². The molecule has 2 aromatic carbocycles. The minimum Gasteiger partial charge on any atom is -0.480 e. The van der Waals surface area contributed by atoms with Gasteiger partial charge in [-0.05, 0) is 42.8 Å². The van der Waals surface area contributed by atoms with Crippen molar-refractivity contribution in [3.05, 3.63) is 72.8 Å². The molecule has 3 aromatic heterocycles. The Morgan fingerprint density at radius 1 is 0.938 bits per heavy atom. The summed E-state index contributed by atoms with van der Waals surface area (Å²) in [6, 6.07) is 15.6. The Kier molecular flexibility index (Phi) is 4.71. The summed E-state index contributed by atoms with van der Waals surface area (Å²) in [6.07, 6.45) is 3.31. The molecule has 1 N–H and O–H groups in total. The maximum atomic E-state index is 12.8. The summed E-state index contributed by atoms with van der Waals surface area (Å²) in [4.78, 5) is 8.89. The number of nitrogens with zero attached hydrogens (tertiary/aromatic N) is 5. The summed E-state index contributed by atoms with van der Waals surface area (Å²) in [6.45, 7) is 1.87. The van der Waals surface area contributed by atoms with E-state index in [-0.39, 0.29) is 16.5 Å². The van der Waals surface area contributed by atoms with Gasteiger partial charge in [-0.3, -0.25) is 14.1 Å². The monoisotopic (exact) mass is 446 g/mol. The Bertz CT molecular complexity index is 1570. The van der Waals surface area contributed by atoms with Crippen molar-refractivity contribution in [1.82, 2.24) is 24.6 Å². The lowest BCUT2D eigenvalue weighted by atomic mass is 10.1. The van der Waals surface area contributed by atoms with Gasteiger partial charge in [-0.1, -0.05) is 24.3 Å². The van der Waals surface area contributed by atoms with Crippen LogP contribution >= 0.6 is 0 Å². The third-order valence-electron chi connectivity index (χ3n) is 5.06. The number of rotatable bonds is 5. The zero-order valence-electron chi connectivity index (χ0n) is 17.2. The minimum atomic E-state index is -3.81. The smallest absolute Gasteiger partial charge is 0.262 e. The fourth-order valence-electron chi connectivity index (χ4n) is 3.53. The largest absolute Gasteiger partial charge is 0.480 e. The van der Waals surface area contributed by atoms with E-state index < -0.39 is 10.0 Å². The van der Waals surface area contributed by atoms with Crippen LogP contribution in [-0.4, -0.2) is 40.1 Å². The third kappa shape index (κ3) is 3.40. The van der Waals surface area contributed by atoms with E-state index in [2.05, 4.69) is 24.9 Å². The van der Waals surface area contributed by atoms with Gasteiger partial charge in [-0.15, -0.1) is 10.2 Å². The molecule has 0 atom stereocenters. The van der Waals surface area contributed by atoms with Crippen LogP contribution in [0.25, 0.3) is 27.8 Å². The molecule has 0 saturated heterocycles. The molecule has 0 aliphatic rings. The molecule has 9 nitrogen and oxygen atoms in total. The maximum absolute atomic E-state index is 12.8. The van der Waals surface area contributed by atoms with Crippen molar-refractivity contribution >= 4 is 32.4 Å². The highest BCUT2D eigenvalue weighted by Gasteiger charge is 2.18. The van der Waals surface area contributed by atoms with E-state index in [1.54, 1.807) is 36.7 Å². The lowest BCUT2D eigenvalue weighted by Gasteiger charge is -2.13. The van der Waals surface area contributed by atoms with Crippen LogP contribution in [0.1, 0.15) is 5.82 Å². The van der Waals surface area contributed by atoms with E-state index in [4.69, 9.17) is 4.74 Å². The molecule has 0 saturated carbocycles. The second-order valence-corrected chi connectivity index (χ2v) is 8.78. The van der Waals surface area contributed by atoms with Crippen LogP contribution in [0.4, 0.5) is 5.69 Å². The SMILES string of the molecule is COc1ncc(-c2ccc3ncc4nnc(C)n4c3c2)cc1NS(=O)(=O)c1ccccc1. The first-order valence-corrected chi connectivity index (χ1v) is 11.2. The zero-order chi connectivity index (χ0) is 22.3. The Labute approximate surface area is 183 Å². The van der Waals surface area contributed by atoms with Crippen molar-refractivity contribution in [2.75, 3.05) is 11.8 Å². The second kappa shape index (κ2) is 7.57. The number of aryl methyl sites for hydroxylation is 1. The number of fused-ring (bicyclic) bond motifs is 3. The van der Waals surface area contributed by atoms with Crippen LogP contribution in [-0.2, 0) is 10.0 Å². The predicted octanol–water partition coefficient (Wildman–Crippen LogP) is 3.46. The number of aromatic nitrogens is 5. The van der Waals surface area contributed by atoms with Crippen LogP contribution in [0.2, 0.25) is 0 Å². The number of anilines is 1. The Morgan fingerprint density at radius 3 is 2.53 bits per heavy atom. The first-order chi connectivity index (χ1) is 15.5. The van der Waals surface area contributed by atoms with Crippen molar-refractivity contribution in [3.63, 3.8) is 0 Å². The molecule has 5 rings (SSSR count). The van der Waals surface area contributed by atoms with Crippen molar-refractivity contribution in [2.24, 2.45) is 0 Å². The predicted molar refractivity (Wildman–Crippen MR) is 120 cm³/mol.